The Morgan fingerprint density at radius 3 is 2.83 bits per heavy atom. The molecule has 2 nitrogen and oxygen atoms in total. The van der Waals surface area contributed by atoms with Gasteiger partial charge in [-0.2, -0.15) is 0 Å². The smallest absolute Gasteiger partial charge is 0.137 e. The van der Waals surface area contributed by atoms with Crippen LogP contribution >= 0.6 is 15.9 Å². The van der Waals surface area contributed by atoms with Crippen molar-refractivity contribution in [1.29, 1.82) is 0 Å². The molecule has 62 valence electrons. The molecule has 0 saturated heterocycles. The number of aryl methyl sites for hydroxylation is 1. The van der Waals surface area contributed by atoms with E-state index in [0.29, 0.717) is 10.0 Å². The van der Waals surface area contributed by atoms with E-state index >= 15 is 0 Å². The highest BCUT2D eigenvalue weighted by Gasteiger charge is 2.03. The molecular formula is C9H7BrO2. The van der Waals surface area contributed by atoms with Crippen LogP contribution in [0.2, 0.25) is 0 Å². The molecule has 0 aliphatic rings. The first kappa shape index (κ1) is 9.04. The van der Waals surface area contributed by atoms with Crippen molar-refractivity contribution in [1.82, 2.24) is 0 Å². The molecule has 1 aromatic rings. The summed E-state index contributed by atoms with van der Waals surface area (Å²) in [6.07, 6.45) is 1.20. The van der Waals surface area contributed by atoms with Crippen LogP contribution in [0, 0.1) is 6.92 Å². The fourth-order valence-electron chi connectivity index (χ4n) is 0.935. The third kappa shape index (κ3) is 1.76. The summed E-state index contributed by atoms with van der Waals surface area (Å²) in [5.41, 5.74) is 1.46. The molecule has 0 spiro atoms. The Balaban J connectivity index is 3.36. The lowest BCUT2D eigenvalue weighted by Crippen LogP contribution is -1.80. The quantitative estimate of drug-likeness (QED) is 0.747. The van der Waals surface area contributed by atoms with Crippen LogP contribution in [-0.4, -0.2) is 11.0 Å². The van der Waals surface area contributed by atoms with E-state index in [4.69, 9.17) is 0 Å². The largest absolute Gasteiger partial charge is 0.506 e. The van der Waals surface area contributed by atoms with Gasteiger partial charge in [-0.25, -0.2) is 4.79 Å². The molecule has 0 fully saturated rings. The van der Waals surface area contributed by atoms with Gasteiger partial charge in [0, 0.05) is 11.6 Å². The number of carbonyl (C=O) groups excluding carboxylic acids is 1. The van der Waals surface area contributed by atoms with Crippen LogP contribution in [0.1, 0.15) is 11.1 Å². The molecule has 1 rings (SSSR count). The van der Waals surface area contributed by atoms with E-state index in [9.17, 15) is 9.90 Å². The third-order valence-corrected chi connectivity index (χ3v) is 2.06. The van der Waals surface area contributed by atoms with Crippen molar-refractivity contribution in [2.45, 2.75) is 6.92 Å². The Morgan fingerprint density at radius 2 is 2.25 bits per heavy atom. The van der Waals surface area contributed by atoms with Crippen LogP contribution in [-0.2, 0) is 4.79 Å². The Morgan fingerprint density at radius 1 is 1.58 bits per heavy atom. The monoisotopic (exact) mass is 226 g/mol. The van der Waals surface area contributed by atoms with Crippen molar-refractivity contribution >= 4 is 27.9 Å². The molecule has 0 amide bonds. The Bertz CT molecular complexity index is 352. The second kappa shape index (κ2) is 3.57. The standard InChI is InChI=1S/C9H7BrO2/c1-6-4-7(2-3-11)9(12)8(10)5-6/h2,4-5,12H,1H3. The average Bonchev–Trinajstić information content (AvgIpc) is 2.00. The lowest BCUT2D eigenvalue weighted by atomic mass is 10.1. The van der Waals surface area contributed by atoms with Gasteiger partial charge in [-0.1, -0.05) is 0 Å². The minimum absolute atomic E-state index is 0.0731. The Kier molecular flexibility index (Phi) is 2.69. The number of hydrogen-bond donors (Lipinski definition) is 1. The first-order chi connectivity index (χ1) is 5.65. The minimum Gasteiger partial charge on any atom is -0.506 e. The summed E-state index contributed by atoms with van der Waals surface area (Å²) >= 11 is 3.17. The van der Waals surface area contributed by atoms with Crippen LogP contribution in [0.3, 0.4) is 0 Å². The number of aromatic hydroxyl groups is 1. The molecule has 0 aliphatic carbocycles. The normalized spacial score (nSPS) is 9.17. The maximum Gasteiger partial charge on any atom is 0.137 e. The van der Waals surface area contributed by atoms with Gasteiger partial charge in [0.15, 0.2) is 0 Å². The molecule has 0 bridgehead atoms. The first-order valence-corrected chi connectivity index (χ1v) is 4.14. The van der Waals surface area contributed by atoms with Crippen molar-refractivity contribution in [3.8, 4) is 5.75 Å². The highest BCUT2D eigenvalue weighted by molar-refractivity contribution is 9.10. The second-order valence-corrected chi connectivity index (χ2v) is 3.30. The van der Waals surface area contributed by atoms with E-state index < -0.39 is 0 Å². The van der Waals surface area contributed by atoms with Crippen molar-refractivity contribution in [2.75, 3.05) is 0 Å². The maximum atomic E-state index is 10.0. The zero-order valence-electron chi connectivity index (χ0n) is 6.47. The summed E-state index contributed by atoms with van der Waals surface area (Å²) in [4.78, 5) is 10.0. The zero-order valence-corrected chi connectivity index (χ0v) is 8.05. The molecule has 0 aliphatic heterocycles. The molecule has 0 heterocycles. The van der Waals surface area contributed by atoms with Gasteiger partial charge in [-0.05, 0) is 40.5 Å². The number of phenolic OH excluding ortho intramolecular Hbond substituents is 1. The molecule has 0 saturated carbocycles. The van der Waals surface area contributed by atoms with Crippen molar-refractivity contribution in [3.05, 3.63) is 27.7 Å². The minimum atomic E-state index is 0.0731. The SMILES string of the molecule is Cc1cc(Br)c(O)c(C=C=O)c1. The number of benzene rings is 1. The van der Waals surface area contributed by atoms with Crippen molar-refractivity contribution < 1.29 is 9.90 Å². The first-order valence-electron chi connectivity index (χ1n) is 3.35. The maximum absolute atomic E-state index is 10.0. The summed E-state index contributed by atoms with van der Waals surface area (Å²) < 4.78 is 0.587. The summed E-state index contributed by atoms with van der Waals surface area (Å²) in [7, 11) is 0. The second-order valence-electron chi connectivity index (χ2n) is 2.45. The van der Waals surface area contributed by atoms with Gasteiger partial charge in [0.2, 0.25) is 0 Å². The van der Waals surface area contributed by atoms with Crippen LogP contribution in [0.4, 0.5) is 0 Å². The van der Waals surface area contributed by atoms with E-state index in [2.05, 4.69) is 15.9 Å². The van der Waals surface area contributed by atoms with Gasteiger partial charge in [0.25, 0.3) is 0 Å². The fraction of sp³-hybridized carbons (Fsp3) is 0.111. The lowest BCUT2D eigenvalue weighted by Gasteiger charge is -2.01. The van der Waals surface area contributed by atoms with E-state index in [-0.39, 0.29) is 5.75 Å². The molecule has 0 unspecified atom stereocenters. The van der Waals surface area contributed by atoms with Gasteiger partial charge in [0.1, 0.15) is 11.7 Å². The highest BCUT2D eigenvalue weighted by atomic mass is 79.9. The molecule has 3 heteroatoms. The molecule has 12 heavy (non-hydrogen) atoms. The van der Waals surface area contributed by atoms with E-state index in [1.807, 2.05) is 6.92 Å². The van der Waals surface area contributed by atoms with Gasteiger partial charge in [-0.3, -0.25) is 0 Å². The molecule has 1 aromatic carbocycles. The number of rotatable bonds is 1. The van der Waals surface area contributed by atoms with Gasteiger partial charge < -0.3 is 5.11 Å². The van der Waals surface area contributed by atoms with E-state index in [0.717, 1.165) is 5.56 Å². The summed E-state index contributed by atoms with van der Waals surface area (Å²) in [5, 5.41) is 9.40. The average molecular weight is 227 g/mol. The highest BCUT2D eigenvalue weighted by Crippen LogP contribution is 2.29. The van der Waals surface area contributed by atoms with E-state index in [1.165, 1.54) is 6.08 Å². The summed E-state index contributed by atoms with van der Waals surface area (Å²) in [5.74, 6) is 1.70. The predicted octanol–water partition coefficient (Wildman–Crippen LogP) is 2.31. The van der Waals surface area contributed by atoms with E-state index in [1.54, 1.807) is 18.1 Å². The van der Waals surface area contributed by atoms with Crippen molar-refractivity contribution in [3.63, 3.8) is 0 Å². The molecule has 0 atom stereocenters. The lowest BCUT2D eigenvalue weighted by molar-refractivity contribution is 0.470. The van der Waals surface area contributed by atoms with Crippen LogP contribution in [0.25, 0.3) is 6.08 Å². The van der Waals surface area contributed by atoms with Gasteiger partial charge in [-0.15, -0.1) is 0 Å². The number of phenols is 1. The number of hydrogen-bond acceptors (Lipinski definition) is 2. The van der Waals surface area contributed by atoms with Crippen LogP contribution < -0.4 is 0 Å². The molecule has 0 radical (unpaired) electrons. The third-order valence-electron chi connectivity index (χ3n) is 1.45. The molecular weight excluding hydrogens is 220 g/mol. The van der Waals surface area contributed by atoms with Crippen LogP contribution in [0.15, 0.2) is 16.6 Å². The number of halogens is 1. The topological polar surface area (TPSA) is 37.3 Å². The fourth-order valence-corrected chi connectivity index (χ4v) is 1.52. The Labute approximate surface area is 78.7 Å². The molecule has 1 N–H and O–H groups in total. The summed E-state index contributed by atoms with van der Waals surface area (Å²) in [6.45, 7) is 1.88. The van der Waals surface area contributed by atoms with Gasteiger partial charge >= 0.3 is 0 Å². The van der Waals surface area contributed by atoms with Crippen LogP contribution in [0.5, 0.6) is 5.75 Å². The van der Waals surface area contributed by atoms with Crippen molar-refractivity contribution in [2.24, 2.45) is 0 Å². The predicted molar refractivity (Wildman–Crippen MR) is 50.7 cm³/mol. The van der Waals surface area contributed by atoms with Gasteiger partial charge in [0.05, 0.1) is 4.47 Å². The summed E-state index contributed by atoms with van der Waals surface area (Å²) in [6, 6.07) is 3.49. The molecule has 0 aromatic heterocycles. The Hall–Kier alpha value is -1.05. The zero-order chi connectivity index (χ0) is 9.14.